The Morgan fingerprint density at radius 2 is 2.07 bits per heavy atom. The van der Waals surface area contributed by atoms with Crippen molar-refractivity contribution in [3.8, 4) is 0 Å². The summed E-state index contributed by atoms with van der Waals surface area (Å²) >= 11 is 15.0. The SMILES string of the molecule is CCC(=O)C(Br)Cc1ccc(Cl)c(Cl)c1. The van der Waals surface area contributed by atoms with Crippen molar-refractivity contribution in [3.63, 3.8) is 0 Å². The van der Waals surface area contributed by atoms with E-state index in [-0.39, 0.29) is 10.6 Å². The van der Waals surface area contributed by atoms with E-state index >= 15 is 0 Å². The van der Waals surface area contributed by atoms with Crippen LogP contribution in [0.15, 0.2) is 18.2 Å². The zero-order valence-electron chi connectivity index (χ0n) is 8.27. The van der Waals surface area contributed by atoms with Gasteiger partial charge in [0.15, 0.2) is 0 Å². The second-order valence-electron chi connectivity index (χ2n) is 3.24. The molecule has 4 heteroatoms. The average Bonchev–Trinajstić information content (AvgIpc) is 2.22. The molecular weight excluding hydrogens is 299 g/mol. The third-order valence-electron chi connectivity index (χ3n) is 2.10. The Morgan fingerprint density at radius 1 is 1.40 bits per heavy atom. The van der Waals surface area contributed by atoms with E-state index in [0.29, 0.717) is 22.9 Å². The van der Waals surface area contributed by atoms with Crippen LogP contribution in [-0.2, 0) is 11.2 Å². The molecule has 1 nitrogen and oxygen atoms in total. The summed E-state index contributed by atoms with van der Waals surface area (Å²) in [4.78, 5) is 11.2. The summed E-state index contributed by atoms with van der Waals surface area (Å²) in [5, 5.41) is 1.06. The molecule has 0 saturated heterocycles. The van der Waals surface area contributed by atoms with Crippen LogP contribution in [0.25, 0.3) is 0 Å². The number of ketones is 1. The monoisotopic (exact) mass is 308 g/mol. The summed E-state index contributed by atoms with van der Waals surface area (Å²) < 4.78 is 0. The fraction of sp³-hybridized carbons (Fsp3) is 0.364. The first-order valence-electron chi connectivity index (χ1n) is 4.65. The fourth-order valence-electron chi connectivity index (χ4n) is 1.21. The molecule has 15 heavy (non-hydrogen) atoms. The predicted molar refractivity (Wildman–Crippen MR) is 68.2 cm³/mol. The van der Waals surface area contributed by atoms with Crippen molar-refractivity contribution in [1.29, 1.82) is 0 Å². The van der Waals surface area contributed by atoms with Crippen molar-refractivity contribution in [3.05, 3.63) is 33.8 Å². The molecule has 0 bridgehead atoms. The van der Waals surface area contributed by atoms with Crippen LogP contribution in [0.3, 0.4) is 0 Å². The highest BCUT2D eigenvalue weighted by Crippen LogP contribution is 2.24. The van der Waals surface area contributed by atoms with Gasteiger partial charge in [0.2, 0.25) is 0 Å². The first-order valence-corrected chi connectivity index (χ1v) is 6.32. The molecule has 0 radical (unpaired) electrons. The maximum absolute atomic E-state index is 11.4. The molecular formula is C11H11BrCl2O. The van der Waals surface area contributed by atoms with Crippen LogP contribution in [0.1, 0.15) is 18.9 Å². The number of benzene rings is 1. The van der Waals surface area contributed by atoms with Gasteiger partial charge in [-0.15, -0.1) is 0 Å². The highest BCUT2D eigenvalue weighted by Gasteiger charge is 2.13. The molecule has 82 valence electrons. The van der Waals surface area contributed by atoms with E-state index in [1.807, 2.05) is 13.0 Å². The number of carbonyl (C=O) groups excluding carboxylic acids is 1. The third-order valence-corrected chi connectivity index (χ3v) is 3.67. The molecule has 0 amide bonds. The lowest BCUT2D eigenvalue weighted by atomic mass is 10.1. The van der Waals surface area contributed by atoms with Gasteiger partial charge < -0.3 is 0 Å². The molecule has 1 aromatic carbocycles. The van der Waals surface area contributed by atoms with Gasteiger partial charge in [-0.2, -0.15) is 0 Å². The lowest BCUT2D eigenvalue weighted by Gasteiger charge is -2.08. The van der Waals surface area contributed by atoms with Gasteiger partial charge in [-0.1, -0.05) is 52.1 Å². The summed E-state index contributed by atoms with van der Waals surface area (Å²) in [6, 6.07) is 5.42. The van der Waals surface area contributed by atoms with E-state index in [2.05, 4.69) is 15.9 Å². The van der Waals surface area contributed by atoms with Crippen LogP contribution in [-0.4, -0.2) is 10.6 Å². The van der Waals surface area contributed by atoms with Gasteiger partial charge in [0.25, 0.3) is 0 Å². The number of carbonyl (C=O) groups is 1. The largest absolute Gasteiger partial charge is 0.298 e. The number of hydrogen-bond donors (Lipinski definition) is 0. The second kappa shape index (κ2) is 5.88. The number of alkyl halides is 1. The van der Waals surface area contributed by atoms with Crippen LogP contribution < -0.4 is 0 Å². The van der Waals surface area contributed by atoms with Crippen molar-refractivity contribution in [2.75, 3.05) is 0 Å². The van der Waals surface area contributed by atoms with Gasteiger partial charge in [0.05, 0.1) is 14.9 Å². The minimum Gasteiger partial charge on any atom is -0.298 e. The van der Waals surface area contributed by atoms with Gasteiger partial charge in [0.1, 0.15) is 5.78 Å². The van der Waals surface area contributed by atoms with Gasteiger partial charge in [-0.3, -0.25) is 4.79 Å². The minimum atomic E-state index is -0.139. The van der Waals surface area contributed by atoms with Crippen LogP contribution >= 0.6 is 39.1 Å². The molecule has 1 aromatic rings. The van der Waals surface area contributed by atoms with Crippen molar-refractivity contribution in [2.45, 2.75) is 24.6 Å². The highest BCUT2D eigenvalue weighted by molar-refractivity contribution is 9.10. The van der Waals surface area contributed by atoms with Crippen LogP contribution in [0.4, 0.5) is 0 Å². The summed E-state index contributed by atoms with van der Waals surface area (Å²) in [5.74, 6) is 0.195. The minimum absolute atomic E-state index is 0.139. The predicted octanol–water partition coefficient (Wildman–Crippen LogP) is 4.28. The molecule has 0 heterocycles. The van der Waals surface area contributed by atoms with Gasteiger partial charge >= 0.3 is 0 Å². The molecule has 1 atom stereocenters. The smallest absolute Gasteiger partial charge is 0.146 e. The van der Waals surface area contributed by atoms with Crippen molar-refractivity contribution in [1.82, 2.24) is 0 Å². The summed E-state index contributed by atoms with van der Waals surface area (Å²) in [5.41, 5.74) is 1.01. The molecule has 0 spiro atoms. The van der Waals surface area contributed by atoms with Gasteiger partial charge in [-0.05, 0) is 24.1 Å². The van der Waals surface area contributed by atoms with Crippen molar-refractivity contribution < 1.29 is 4.79 Å². The van der Waals surface area contributed by atoms with Crippen LogP contribution in [0, 0.1) is 0 Å². The normalized spacial score (nSPS) is 12.5. The standard InChI is InChI=1S/C11H11BrCl2O/c1-2-11(15)8(12)5-7-3-4-9(13)10(14)6-7/h3-4,6,8H,2,5H2,1H3. The summed E-state index contributed by atoms with van der Waals surface area (Å²) in [7, 11) is 0. The molecule has 0 fully saturated rings. The molecule has 1 rings (SSSR count). The Morgan fingerprint density at radius 3 is 2.60 bits per heavy atom. The summed E-state index contributed by atoms with van der Waals surface area (Å²) in [6.45, 7) is 1.85. The highest BCUT2D eigenvalue weighted by atomic mass is 79.9. The summed E-state index contributed by atoms with van der Waals surface area (Å²) in [6.07, 6.45) is 1.18. The zero-order valence-corrected chi connectivity index (χ0v) is 11.4. The number of Topliss-reactive ketones (excluding diaryl/α,β-unsaturated/α-hetero) is 1. The molecule has 0 aliphatic heterocycles. The van der Waals surface area contributed by atoms with Gasteiger partial charge in [-0.25, -0.2) is 0 Å². The fourth-order valence-corrected chi connectivity index (χ4v) is 2.23. The molecule has 1 unspecified atom stereocenters. The van der Waals surface area contributed by atoms with Crippen LogP contribution in [0.5, 0.6) is 0 Å². The molecule has 0 aromatic heterocycles. The Bertz CT molecular complexity index is 366. The van der Waals surface area contributed by atoms with E-state index in [0.717, 1.165) is 5.56 Å². The number of halogens is 3. The number of rotatable bonds is 4. The van der Waals surface area contributed by atoms with E-state index in [1.54, 1.807) is 12.1 Å². The zero-order chi connectivity index (χ0) is 11.4. The molecule has 0 aliphatic rings. The molecule has 0 aliphatic carbocycles. The lowest BCUT2D eigenvalue weighted by Crippen LogP contribution is -2.15. The quantitative estimate of drug-likeness (QED) is 0.759. The van der Waals surface area contributed by atoms with Gasteiger partial charge in [0, 0.05) is 6.42 Å². The Kier molecular flexibility index (Phi) is 5.10. The van der Waals surface area contributed by atoms with E-state index in [1.165, 1.54) is 0 Å². The lowest BCUT2D eigenvalue weighted by molar-refractivity contribution is -0.118. The maximum atomic E-state index is 11.4. The van der Waals surface area contributed by atoms with E-state index < -0.39 is 0 Å². The Hall–Kier alpha value is -0.0500. The van der Waals surface area contributed by atoms with Crippen molar-refractivity contribution >= 4 is 44.9 Å². The average molecular weight is 310 g/mol. The maximum Gasteiger partial charge on any atom is 0.146 e. The first-order chi connectivity index (χ1) is 7.04. The molecule has 0 saturated carbocycles. The van der Waals surface area contributed by atoms with Crippen molar-refractivity contribution in [2.24, 2.45) is 0 Å². The molecule has 0 N–H and O–H groups in total. The van der Waals surface area contributed by atoms with E-state index in [4.69, 9.17) is 23.2 Å². The van der Waals surface area contributed by atoms with Crippen LogP contribution in [0.2, 0.25) is 10.0 Å². The first kappa shape index (κ1) is 13.0. The third kappa shape index (κ3) is 3.78. The number of hydrogen-bond acceptors (Lipinski definition) is 1. The topological polar surface area (TPSA) is 17.1 Å². The van der Waals surface area contributed by atoms with E-state index in [9.17, 15) is 4.79 Å². The Balaban J connectivity index is 2.73. The Labute approximate surface area is 108 Å². The second-order valence-corrected chi connectivity index (χ2v) is 5.16.